The lowest BCUT2D eigenvalue weighted by Gasteiger charge is -1.99. The van der Waals surface area contributed by atoms with Gasteiger partial charge in [0.1, 0.15) is 6.04 Å². The fourth-order valence-electron chi connectivity index (χ4n) is 1.23. The number of halogens is 1. The van der Waals surface area contributed by atoms with E-state index in [1.807, 2.05) is 0 Å². The number of aliphatic hydroxyl groups excluding tert-OH is 1. The van der Waals surface area contributed by atoms with Crippen LogP contribution in [0.15, 0.2) is 22.7 Å². The van der Waals surface area contributed by atoms with Crippen molar-refractivity contribution in [2.45, 2.75) is 6.04 Å². The molecule has 0 radical (unpaired) electrons. The SMILES string of the molecule is N[C@H](CO)c1nc(-c2ccc(O)c(F)c2)no1. The maximum Gasteiger partial charge on any atom is 0.246 e. The van der Waals surface area contributed by atoms with Crippen molar-refractivity contribution >= 4 is 0 Å². The molecular weight excluding hydrogens is 229 g/mol. The Morgan fingerprint density at radius 3 is 2.88 bits per heavy atom. The maximum atomic E-state index is 13.1. The Balaban J connectivity index is 2.33. The highest BCUT2D eigenvalue weighted by Crippen LogP contribution is 2.23. The summed E-state index contributed by atoms with van der Waals surface area (Å²) in [5, 5.41) is 21.4. The molecular formula is C10H10FN3O3. The number of phenolic OH excluding ortho intramolecular Hbond substituents is 1. The predicted molar refractivity (Wildman–Crippen MR) is 55.4 cm³/mol. The molecule has 0 spiro atoms. The zero-order valence-corrected chi connectivity index (χ0v) is 8.67. The number of aromatic nitrogens is 2. The molecule has 2 aromatic rings. The summed E-state index contributed by atoms with van der Waals surface area (Å²) in [5.74, 6) is -1.02. The average Bonchev–Trinajstić information content (AvgIpc) is 2.81. The minimum absolute atomic E-state index is 0.0657. The second-order valence-corrected chi connectivity index (χ2v) is 3.41. The molecule has 0 saturated heterocycles. The third kappa shape index (κ3) is 2.24. The molecule has 0 saturated carbocycles. The van der Waals surface area contributed by atoms with Crippen LogP contribution in [0.1, 0.15) is 11.9 Å². The van der Waals surface area contributed by atoms with Crippen LogP contribution >= 0.6 is 0 Å². The number of rotatable bonds is 3. The number of aliphatic hydroxyl groups is 1. The summed E-state index contributed by atoms with van der Waals surface area (Å²) in [4.78, 5) is 3.91. The summed E-state index contributed by atoms with van der Waals surface area (Å²) in [6.07, 6.45) is 0. The smallest absolute Gasteiger partial charge is 0.246 e. The van der Waals surface area contributed by atoms with E-state index in [-0.39, 0.29) is 18.3 Å². The first-order valence-corrected chi connectivity index (χ1v) is 4.80. The van der Waals surface area contributed by atoms with Gasteiger partial charge >= 0.3 is 0 Å². The molecule has 0 aliphatic heterocycles. The van der Waals surface area contributed by atoms with Crippen molar-refractivity contribution < 1.29 is 19.1 Å². The van der Waals surface area contributed by atoms with Gasteiger partial charge in [-0.3, -0.25) is 0 Å². The van der Waals surface area contributed by atoms with Gasteiger partial charge in [0, 0.05) is 5.56 Å². The van der Waals surface area contributed by atoms with Crippen molar-refractivity contribution in [2.24, 2.45) is 5.73 Å². The van der Waals surface area contributed by atoms with Gasteiger partial charge in [0.05, 0.1) is 6.61 Å². The fraction of sp³-hybridized carbons (Fsp3) is 0.200. The summed E-state index contributed by atoms with van der Waals surface area (Å²) in [6, 6.07) is 2.94. The molecule has 7 heteroatoms. The Bertz CT molecular complexity index is 529. The van der Waals surface area contributed by atoms with Crippen molar-refractivity contribution in [2.75, 3.05) is 6.61 Å². The number of phenols is 1. The van der Waals surface area contributed by atoms with Gasteiger partial charge in [-0.1, -0.05) is 5.16 Å². The van der Waals surface area contributed by atoms with Gasteiger partial charge in [-0.25, -0.2) is 4.39 Å². The number of nitrogens with zero attached hydrogens (tertiary/aromatic N) is 2. The first-order valence-electron chi connectivity index (χ1n) is 4.80. The Morgan fingerprint density at radius 2 is 2.24 bits per heavy atom. The van der Waals surface area contributed by atoms with Gasteiger partial charge in [-0.05, 0) is 18.2 Å². The summed E-state index contributed by atoms with van der Waals surface area (Å²) >= 11 is 0. The van der Waals surface area contributed by atoms with E-state index in [2.05, 4.69) is 10.1 Å². The molecule has 0 amide bonds. The Kier molecular flexibility index (Phi) is 3.03. The van der Waals surface area contributed by atoms with E-state index in [1.165, 1.54) is 12.1 Å². The van der Waals surface area contributed by atoms with Gasteiger partial charge in [-0.2, -0.15) is 4.98 Å². The van der Waals surface area contributed by atoms with Crippen LogP contribution in [-0.2, 0) is 0 Å². The second kappa shape index (κ2) is 4.48. The van der Waals surface area contributed by atoms with E-state index in [0.717, 1.165) is 6.07 Å². The van der Waals surface area contributed by atoms with Crippen LogP contribution in [0.25, 0.3) is 11.4 Å². The minimum atomic E-state index is -0.777. The topological polar surface area (TPSA) is 105 Å². The van der Waals surface area contributed by atoms with E-state index in [9.17, 15) is 4.39 Å². The van der Waals surface area contributed by atoms with Crippen molar-refractivity contribution in [3.05, 3.63) is 29.9 Å². The molecule has 2 rings (SSSR count). The van der Waals surface area contributed by atoms with Crippen molar-refractivity contribution in [1.29, 1.82) is 0 Å². The third-order valence-corrected chi connectivity index (χ3v) is 2.16. The lowest BCUT2D eigenvalue weighted by Crippen LogP contribution is -2.14. The van der Waals surface area contributed by atoms with E-state index in [4.69, 9.17) is 20.5 Å². The van der Waals surface area contributed by atoms with Crippen molar-refractivity contribution in [3.63, 3.8) is 0 Å². The fourth-order valence-corrected chi connectivity index (χ4v) is 1.23. The zero-order valence-electron chi connectivity index (χ0n) is 8.67. The molecule has 90 valence electrons. The summed E-state index contributed by atoms with van der Waals surface area (Å²) in [7, 11) is 0. The minimum Gasteiger partial charge on any atom is -0.505 e. The Hall–Kier alpha value is -1.99. The third-order valence-electron chi connectivity index (χ3n) is 2.16. The van der Waals surface area contributed by atoms with E-state index in [1.54, 1.807) is 0 Å². The van der Waals surface area contributed by atoms with Crippen molar-refractivity contribution in [1.82, 2.24) is 10.1 Å². The van der Waals surface area contributed by atoms with Gasteiger partial charge in [0.15, 0.2) is 11.6 Å². The molecule has 0 aliphatic carbocycles. The molecule has 0 fully saturated rings. The van der Waals surface area contributed by atoms with Crippen LogP contribution in [0.5, 0.6) is 5.75 Å². The number of hydrogen-bond acceptors (Lipinski definition) is 6. The van der Waals surface area contributed by atoms with Crippen LogP contribution in [-0.4, -0.2) is 27.0 Å². The molecule has 1 atom stereocenters. The van der Waals surface area contributed by atoms with Crippen LogP contribution in [0.3, 0.4) is 0 Å². The highest BCUT2D eigenvalue weighted by molar-refractivity contribution is 5.55. The summed E-state index contributed by atoms with van der Waals surface area (Å²) < 4.78 is 17.9. The van der Waals surface area contributed by atoms with Gasteiger partial charge in [-0.15, -0.1) is 0 Å². The largest absolute Gasteiger partial charge is 0.505 e. The zero-order chi connectivity index (χ0) is 12.4. The average molecular weight is 239 g/mol. The number of aromatic hydroxyl groups is 1. The van der Waals surface area contributed by atoms with Crippen LogP contribution < -0.4 is 5.73 Å². The monoisotopic (exact) mass is 239 g/mol. The van der Waals surface area contributed by atoms with E-state index >= 15 is 0 Å². The molecule has 1 aromatic heterocycles. The highest BCUT2D eigenvalue weighted by atomic mass is 19.1. The predicted octanol–water partition coefficient (Wildman–Crippen LogP) is 0.573. The first-order chi connectivity index (χ1) is 8.11. The molecule has 1 aromatic carbocycles. The number of hydrogen-bond donors (Lipinski definition) is 3. The molecule has 17 heavy (non-hydrogen) atoms. The molecule has 0 bridgehead atoms. The van der Waals surface area contributed by atoms with Gasteiger partial charge < -0.3 is 20.5 Å². The molecule has 0 aliphatic rings. The lowest BCUT2D eigenvalue weighted by atomic mass is 10.2. The van der Waals surface area contributed by atoms with Crippen LogP contribution in [0.2, 0.25) is 0 Å². The molecule has 1 heterocycles. The number of nitrogens with two attached hydrogens (primary N) is 1. The molecule has 6 nitrogen and oxygen atoms in total. The number of benzene rings is 1. The first kappa shape index (κ1) is 11.5. The Morgan fingerprint density at radius 1 is 1.47 bits per heavy atom. The van der Waals surface area contributed by atoms with Crippen LogP contribution in [0.4, 0.5) is 4.39 Å². The molecule has 0 unspecified atom stereocenters. The standard InChI is InChI=1S/C10H10FN3O3/c11-6-3-5(1-2-8(6)16)9-13-10(17-14-9)7(12)4-15/h1-3,7,15-16H,4,12H2/t7-/m1/s1. The lowest BCUT2D eigenvalue weighted by molar-refractivity contribution is 0.237. The maximum absolute atomic E-state index is 13.1. The summed E-state index contributed by atoms with van der Waals surface area (Å²) in [6.45, 7) is -0.328. The quantitative estimate of drug-likeness (QED) is 0.723. The van der Waals surface area contributed by atoms with Gasteiger partial charge in [0.2, 0.25) is 11.7 Å². The normalized spacial score (nSPS) is 12.6. The van der Waals surface area contributed by atoms with E-state index < -0.39 is 17.6 Å². The highest BCUT2D eigenvalue weighted by Gasteiger charge is 2.15. The Labute approximate surface area is 95.5 Å². The van der Waals surface area contributed by atoms with Gasteiger partial charge in [0.25, 0.3) is 0 Å². The van der Waals surface area contributed by atoms with Crippen LogP contribution in [0, 0.1) is 5.82 Å². The molecule has 4 N–H and O–H groups in total. The second-order valence-electron chi connectivity index (χ2n) is 3.41. The van der Waals surface area contributed by atoms with E-state index in [0.29, 0.717) is 5.56 Å². The van der Waals surface area contributed by atoms with Crippen molar-refractivity contribution in [3.8, 4) is 17.1 Å². The summed E-state index contributed by atoms with van der Waals surface area (Å²) in [5.41, 5.74) is 5.83.